The summed E-state index contributed by atoms with van der Waals surface area (Å²) < 4.78 is 13.1. The first-order valence-corrected chi connectivity index (χ1v) is 9.64. The number of aliphatic hydroxyl groups excluding tert-OH is 2. The van der Waals surface area contributed by atoms with Crippen LogP contribution in [0, 0.1) is 0 Å². The summed E-state index contributed by atoms with van der Waals surface area (Å²) in [7, 11) is 0. The summed E-state index contributed by atoms with van der Waals surface area (Å²) in [6.45, 7) is 0.509. The smallest absolute Gasteiger partial charge is 0.167 e. The minimum Gasteiger partial charge on any atom is -0.492 e. The van der Waals surface area contributed by atoms with Gasteiger partial charge in [-0.2, -0.15) is 5.48 Å². The van der Waals surface area contributed by atoms with Crippen molar-refractivity contribution in [3.63, 3.8) is 0 Å². The van der Waals surface area contributed by atoms with Crippen LogP contribution in [-0.2, 0) is 16.0 Å². The molecule has 3 aromatic rings. The number of ether oxygens (including phenoxy) is 2. The van der Waals surface area contributed by atoms with Gasteiger partial charge in [-0.05, 0) is 18.1 Å². The first-order chi connectivity index (χ1) is 14.6. The van der Waals surface area contributed by atoms with Crippen LogP contribution in [0.15, 0.2) is 36.9 Å². The fraction of sp³-hybridized carbons (Fsp3) is 0.421. The Hall–Kier alpha value is -2.83. The lowest BCUT2D eigenvalue weighted by molar-refractivity contribution is -0.0955. The van der Waals surface area contributed by atoms with E-state index < -0.39 is 24.5 Å². The normalized spacial score (nSPS) is 28.4. The molecule has 0 amide bonds. The van der Waals surface area contributed by atoms with Crippen LogP contribution >= 0.6 is 0 Å². The van der Waals surface area contributed by atoms with Crippen LogP contribution in [0.3, 0.4) is 0 Å². The molecule has 5 N–H and O–H groups in total. The third-order valence-corrected chi connectivity index (χ3v) is 5.37. The number of imidazole rings is 1. The van der Waals surface area contributed by atoms with Gasteiger partial charge in [0, 0.05) is 0 Å². The predicted octanol–water partition coefficient (Wildman–Crippen LogP) is -0.447. The lowest BCUT2D eigenvalue weighted by atomic mass is 10.0. The van der Waals surface area contributed by atoms with E-state index >= 15 is 0 Å². The van der Waals surface area contributed by atoms with Crippen molar-refractivity contribution in [2.24, 2.45) is 0 Å². The Balaban J connectivity index is 1.21. The van der Waals surface area contributed by atoms with E-state index in [2.05, 4.69) is 20.4 Å². The molecule has 11 nitrogen and oxygen atoms in total. The molecular formula is C19H22N6O5. The van der Waals surface area contributed by atoms with Crippen LogP contribution in [0.4, 0.5) is 5.82 Å². The quantitative estimate of drug-likeness (QED) is 0.404. The molecule has 0 bridgehead atoms. The summed E-state index contributed by atoms with van der Waals surface area (Å²) in [5.41, 5.74) is 10.7. The van der Waals surface area contributed by atoms with E-state index in [9.17, 15) is 10.2 Å². The molecule has 0 saturated carbocycles. The molecule has 0 aliphatic carbocycles. The summed E-state index contributed by atoms with van der Waals surface area (Å²) in [4.78, 5) is 17.8. The number of para-hydroxylation sites is 1. The Morgan fingerprint density at radius 2 is 2.07 bits per heavy atom. The molecule has 2 aromatic heterocycles. The molecule has 1 unspecified atom stereocenters. The van der Waals surface area contributed by atoms with E-state index in [4.69, 9.17) is 20.0 Å². The number of anilines is 1. The molecule has 158 valence electrons. The first-order valence-electron chi connectivity index (χ1n) is 9.64. The Morgan fingerprint density at radius 3 is 2.97 bits per heavy atom. The lowest BCUT2D eigenvalue weighted by Crippen LogP contribution is -2.42. The van der Waals surface area contributed by atoms with E-state index in [-0.39, 0.29) is 18.5 Å². The molecule has 5 atom stereocenters. The highest BCUT2D eigenvalue weighted by atomic mass is 16.7. The molecule has 5 rings (SSSR count). The van der Waals surface area contributed by atoms with Crippen molar-refractivity contribution in [1.29, 1.82) is 0 Å². The molecule has 2 aliphatic rings. The molecule has 1 fully saturated rings. The van der Waals surface area contributed by atoms with Gasteiger partial charge in [0.2, 0.25) is 0 Å². The number of nitrogens with two attached hydrogens (primary N) is 1. The molecule has 4 heterocycles. The Labute approximate surface area is 171 Å². The van der Waals surface area contributed by atoms with Crippen LogP contribution in [0.5, 0.6) is 5.75 Å². The number of hydroxylamine groups is 1. The fourth-order valence-electron chi connectivity index (χ4n) is 3.80. The van der Waals surface area contributed by atoms with E-state index in [1.54, 1.807) is 0 Å². The molecule has 0 spiro atoms. The van der Waals surface area contributed by atoms with Gasteiger partial charge in [-0.3, -0.25) is 9.40 Å². The van der Waals surface area contributed by atoms with Crippen LogP contribution in [0.1, 0.15) is 11.8 Å². The fourth-order valence-corrected chi connectivity index (χ4v) is 3.80. The van der Waals surface area contributed by atoms with Crippen molar-refractivity contribution in [2.45, 2.75) is 37.0 Å². The maximum atomic E-state index is 10.5. The zero-order chi connectivity index (χ0) is 20.7. The monoisotopic (exact) mass is 414 g/mol. The second-order valence-electron chi connectivity index (χ2n) is 7.38. The lowest BCUT2D eigenvalue weighted by Gasteiger charge is -2.26. The number of rotatable bonds is 5. The summed E-state index contributed by atoms with van der Waals surface area (Å²) in [6, 6.07) is 7.83. The van der Waals surface area contributed by atoms with Gasteiger partial charge < -0.3 is 25.4 Å². The van der Waals surface area contributed by atoms with Crippen molar-refractivity contribution < 1.29 is 24.5 Å². The maximum absolute atomic E-state index is 10.5. The summed E-state index contributed by atoms with van der Waals surface area (Å²) in [6.07, 6.45) is -0.424. The van der Waals surface area contributed by atoms with Crippen molar-refractivity contribution in [1.82, 2.24) is 25.0 Å². The summed E-state index contributed by atoms with van der Waals surface area (Å²) >= 11 is 0. The Kier molecular flexibility index (Phi) is 4.97. The number of aromatic nitrogens is 4. The van der Waals surface area contributed by atoms with E-state index in [0.717, 1.165) is 17.7 Å². The van der Waals surface area contributed by atoms with Crippen LogP contribution in [0.25, 0.3) is 11.2 Å². The van der Waals surface area contributed by atoms with Gasteiger partial charge in [-0.15, -0.1) is 0 Å². The highest BCUT2D eigenvalue weighted by Crippen LogP contribution is 2.32. The third-order valence-electron chi connectivity index (χ3n) is 5.37. The van der Waals surface area contributed by atoms with Gasteiger partial charge in [0.05, 0.1) is 19.0 Å². The number of hydrogen-bond donors (Lipinski definition) is 4. The third kappa shape index (κ3) is 3.36. The van der Waals surface area contributed by atoms with Crippen LogP contribution in [0.2, 0.25) is 0 Å². The minimum absolute atomic E-state index is 0.0311. The zero-order valence-electron chi connectivity index (χ0n) is 16.0. The average molecular weight is 414 g/mol. The number of nitrogens with one attached hydrogen (secondary N) is 1. The number of aliphatic hydroxyl groups is 2. The first kappa shape index (κ1) is 19.2. The van der Waals surface area contributed by atoms with Gasteiger partial charge >= 0.3 is 0 Å². The van der Waals surface area contributed by atoms with Crippen LogP contribution in [-0.4, -0.2) is 67.3 Å². The molecular weight excluding hydrogens is 392 g/mol. The number of nitrogens with zero attached hydrogens (tertiary/aromatic N) is 4. The molecule has 1 aromatic carbocycles. The number of hydrogen-bond acceptors (Lipinski definition) is 10. The Morgan fingerprint density at radius 1 is 1.20 bits per heavy atom. The van der Waals surface area contributed by atoms with E-state index in [0.29, 0.717) is 17.8 Å². The van der Waals surface area contributed by atoms with Crippen molar-refractivity contribution in [3.8, 4) is 5.75 Å². The molecule has 11 heteroatoms. The SMILES string of the molecule is Nc1ncnc2c1ncn2[C@@H]1O[C@H](CONC2COc3ccccc3C2)[C@@H](O)[C@H]1O. The van der Waals surface area contributed by atoms with Crippen molar-refractivity contribution >= 4 is 17.0 Å². The molecule has 30 heavy (non-hydrogen) atoms. The topological polar surface area (TPSA) is 150 Å². The Bertz CT molecular complexity index is 1050. The molecule has 2 aliphatic heterocycles. The maximum Gasteiger partial charge on any atom is 0.167 e. The highest BCUT2D eigenvalue weighted by molar-refractivity contribution is 5.81. The van der Waals surface area contributed by atoms with E-state index in [1.165, 1.54) is 17.2 Å². The average Bonchev–Trinajstić information content (AvgIpc) is 3.31. The molecule has 1 saturated heterocycles. The number of benzene rings is 1. The van der Waals surface area contributed by atoms with Crippen molar-refractivity contribution in [3.05, 3.63) is 42.5 Å². The largest absolute Gasteiger partial charge is 0.492 e. The molecule has 0 radical (unpaired) electrons. The second kappa shape index (κ2) is 7.78. The summed E-state index contributed by atoms with van der Waals surface area (Å²) in [5.74, 6) is 1.11. The summed E-state index contributed by atoms with van der Waals surface area (Å²) in [5, 5.41) is 20.9. The van der Waals surface area contributed by atoms with Gasteiger partial charge in [-0.1, -0.05) is 18.2 Å². The van der Waals surface area contributed by atoms with Gasteiger partial charge in [0.1, 0.15) is 42.5 Å². The number of nitrogen functional groups attached to an aromatic ring is 1. The predicted molar refractivity (Wildman–Crippen MR) is 104 cm³/mol. The zero-order valence-corrected chi connectivity index (χ0v) is 16.0. The van der Waals surface area contributed by atoms with Crippen LogP contribution < -0.4 is 16.0 Å². The standard InChI is InChI=1S/C19H22N6O5/c20-17-14-18(22-8-21-17)25(9-23-14)19-16(27)15(26)13(30-19)7-29-24-11-5-10-3-1-2-4-12(10)28-6-11/h1-4,8-9,11,13,15-16,19,24,26-27H,5-7H2,(H2,20,21,22)/t11?,13-,15-,16-,19-/m1/s1. The van der Waals surface area contributed by atoms with Crippen molar-refractivity contribution in [2.75, 3.05) is 18.9 Å². The van der Waals surface area contributed by atoms with E-state index in [1.807, 2.05) is 24.3 Å². The van der Waals surface area contributed by atoms with Gasteiger partial charge in [0.25, 0.3) is 0 Å². The minimum atomic E-state index is -1.18. The van der Waals surface area contributed by atoms with Gasteiger partial charge in [-0.25, -0.2) is 15.0 Å². The number of fused-ring (bicyclic) bond motifs is 2. The second-order valence-corrected chi connectivity index (χ2v) is 7.38. The van der Waals surface area contributed by atoms with Gasteiger partial charge in [0.15, 0.2) is 17.7 Å². The highest BCUT2D eigenvalue weighted by Gasteiger charge is 2.44.